The fourth-order valence-electron chi connectivity index (χ4n) is 4.11. The summed E-state index contributed by atoms with van der Waals surface area (Å²) in [6, 6.07) is 6.19. The van der Waals surface area contributed by atoms with E-state index in [0.717, 1.165) is 24.0 Å². The molecule has 2 amide bonds. The molecule has 182 valence electrons. The van der Waals surface area contributed by atoms with Gasteiger partial charge in [0.1, 0.15) is 5.57 Å². The molecule has 0 atom stereocenters. The highest BCUT2D eigenvalue weighted by atomic mass is 16.5. The maximum atomic E-state index is 12.5. The molecule has 6 nitrogen and oxygen atoms in total. The highest BCUT2D eigenvalue weighted by Gasteiger charge is 2.39. The van der Waals surface area contributed by atoms with Crippen molar-refractivity contribution in [3.8, 4) is 0 Å². The van der Waals surface area contributed by atoms with Crippen molar-refractivity contribution < 1.29 is 19.1 Å². The molecule has 1 aliphatic heterocycles. The van der Waals surface area contributed by atoms with Gasteiger partial charge in [-0.2, -0.15) is 0 Å². The summed E-state index contributed by atoms with van der Waals surface area (Å²) >= 11 is 0. The van der Waals surface area contributed by atoms with Crippen molar-refractivity contribution in [1.29, 1.82) is 0 Å². The number of aryl methyl sites for hydroxylation is 2. The minimum absolute atomic E-state index is 0.0528. The zero-order chi connectivity index (χ0) is 24.2. The summed E-state index contributed by atoms with van der Waals surface area (Å²) in [4.78, 5) is 37.2. The molecule has 1 saturated heterocycles. The number of rotatable bonds is 15. The molecule has 0 aliphatic carbocycles. The van der Waals surface area contributed by atoms with E-state index < -0.39 is 11.8 Å². The Morgan fingerprint density at radius 1 is 0.909 bits per heavy atom. The van der Waals surface area contributed by atoms with Crippen LogP contribution in [0.4, 0.5) is 0 Å². The van der Waals surface area contributed by atoms with Crippen LogP contribution < -0.4 is 0 Å². The van der Waals surface area contributed by atoms with Gasteiger partial charge in [-0.1, -0.05) is 82.2 Å². The summed E-state index contributed by atoms with van der Waals surface area (Å²) in [5, 5.41) is 2.75. The Morgan fingerprint density at radius 2 is 1.52 bits per heavy atom. The van der Waals surface area contributed by atoms with Gasteiger partial charge in [0.25, 0.3) is 11.8 Å². The van der Waals surface area contributed by atoms with E-state index >= 15 is 0 Å². The molecule has 0 spiro atoms. The third kappa shape index (κ3) is 8.34. The van der Waals surface area contributed by atoms with Gasteiger partial charge in [-0.3, -0.25) is 14.4 Å². The van der Waals surface area contributed by atoms with Crippen LogP contribution in [0.25, 0.3) is 0 Å². The molecule has 0 radical (unpaired) electrons. The fraction of sp³-hybridized carbons (Fsp3) is 0.593. The minimum Gasteiger partial charge on any atom is -0.466 e. The van der Waals surface area contributed by atoms with Crippen LogP contribution in [0.1, 0.15) is 81.4 Å². The lowest BCUT2D eigenvalue weighted by atomic mass is 10.0. The van der Waals surface area contributed by atoms with Gasteiger partial charge in [0.05, 0.1) is 19.6 Å². The smallest absolute Gasteiger partial charge is 0.307 e. The van der Waals surface area contributed by atoms with Crippen molar-refractivity contribution >= 4 is 17.8 Å². The summed E-state index contributed by atoms with van der Waals surface area (Å²) in [7, 11) is 0. The largest absolute Gasteiger partial charge is 0.466 e. The standard InChI is InChI=1S/C27H40N2O4/c1-5-6-7-8-9-10-11-12-19-33-25(30)16-18-29-27(32)23(4)26(31)28(29)17-15-24-14-13-21(2)20-22(24)3/h13-14,20H,4-12,15-19H2,1-3H3. The van der Waals surface area contributed by atoms with Crippen molar-refractivity contribution in [3.05, 3.63) is 47.0 Å². The quantitative estimate of drug-likeness (QED) is 0.160. The lowest BCUT2D eigenvalue weighted by Crippen LogP contribution is -2.43. The van der Waals surface area contributed by atoms with Gasteiger partial charge in [-0.15, -0.1) is 0 Å². The molecule has 1 aliphatic rings. The van der Waals surface area contributed by atoms with Crippen LogP contribution in [0.15, 0.2) is 30.4 Å². The van der Waals surface area contributed by atoms with Gasteiger partial charge in [0, 0.05) is 6.54 Å². The lowest BCUT2D eigenvalue weighted by Gasteiger charge is -2.27. The number of hydrogen-bond donors (Lipinski definition) is 0. The van der Waals surface area contributed by atoms with E-state index in [1.165, 1.54) is 54.1 Å². The second-order valence-electron chi connectivity index (χ2n) is 8.96. The van der Waals surface area contributed by atoms with Crippen LogP contribution in [0.5, 0.6) is 0 Å². The molecular formula is C27H40N2O4. The maximum Gasteiger partial charge on any atom is 0.307 e. The Kier molecular flexibility index (Phi) is 11.1. The average Bonchev–Trinajstić information content (AvgIpc) is 2.99. The number of hydrogen-bond acceptors (Lipinski definition) is 4. The number of unbranched alkanes of at least 4 members (excludes halogenated alkanes) is 7. The topological polar surface area (TPSA) is 66.9 Å². The first kappa shape index (κ1) is 26.6. The molecule has 1 heterocycles. The number of benzene rings is 1. The predicted octanol–water partition coefficient (Wildman–Crippen LogP) is 5.06. The first-order valence-corrected chi connectivity index (χ1v) is 12.4. The summed E-state index contributed by atoms with van der Waals surface area (Å²) in [6.45, 7) is 10.8. The molecule has 6 heteroatoms. The molecule has 0 aromatic heterocycles. The summed E-state index contributed by atoms with van der Waals surface area (Å²) in [6.07, 6.45) is 10.2. The van der Waals surface area contributed by atoms with E-state index in [-0.39, 0.29) is 24.5 Å². The molecule has 0 bridgehead atoms. The monoisotopic (exact) mass is 456 g/mol. The third-order valence-corrected chi connectivity index (χ3v) is 6.16. The number of hydrazine groups is 1. The molecule has 2 rings (SSSR count). The highest BCUT2D eigenvalue weighted by molar-refractivity contribution is 6.21. The normalized spacial score (nSPS) is 13.8. The predicted molar refractivity (Wildman–Crippen MR) is 130 cm³/mol. The number of nitrogens with zero attached hydrogens (tertiary/aromatic N) is 2. The van der Waals surface area contributed by atoms with Crippen molar-refractivity contribution in [2.45, 2.75) is 85.0 Å². The first-order chi connectivity index (χ1) is 15.8. The minimum atomic E-state index is -0.434. The first-order valence-electron chi connectivity index (χ1n) is 12.4. The Bertz CT molecular complexity index is 833. The lowest BCUT2D eigenvalue weighted by molar-refractivity contribution is -0.151. The number of carbonyl (C=O) groups excluding carboxylic acids is 3. The van der Waals surface area contributed by atoms with E-state index in [9.17, 15) is 14.4 Å². The van der Waals surface area contributed by atoms with Crippen molar-refractivity contribution in [2.75, 3.05) is 19.7 Å². The van der Waals surface area contributed by atoms with E-state index in [0.29, 0.717) is 19.6 Å². The molecular weight excluding hydrogens is 416 g/mol. The van der Waals surface area contributed by atoms with Crippen LogP contribution in [0.3, 0.4) is 0 Å². The number of ether oxygens (including phenoxy) is 1. The Hall–Kier alpha value is -2.63. The van der Waals surface area contributed by atoms with Crippen LogP contribution in [-0.4, -0.2) is 47.5 Å². The Labute approximate surface area is 198 Å². The highest BCUT2D eigenvalue weighted by Crippen LogP contribution is 2.20. The Morgan fingerprint density at radius 3 is 2.15 bits per heavy atom. The zero-order valence-electron chi connectivity index (χ0n) is 20.7. The fourth-order valence-corrected chi connectivity index (χ4v) is 4.11. The van der Waals surface area contributed by atoms with Crippen molar-refractivity contribution in [2.24, 2.45) is 0 Å². The van der Waals surface area contributed by atoms with Gasteiger partial charge in [-0.25, -0.2) is 10.0 Å². The third-order valence-electron chi connectivity index (χ3n) is 6.16. The summed E-state index contributed by atoms with van der Waals surface area (Å²) in [5.74, 6) is -1.17. The van der Waals surface area contributed by atoms with Crippen LogP contribution in [-0.2, 0) is 25.5 Å². The molecule has 0 N–H and O–H groups in total. The van der Waals surface area contributed by atoms with E-state index in [1.807, 2.05) is 19.9 Å². The van der Waals surface area contributed by atoms with Gasteiger partial charge in [0.15, 0.2) is 0 Å². The molecule has 0 saturated carbocycles. The second-order valence-corrected chi connectivity index (χ2v) is 8.96. The molecule has 0 unspecified atom stereocenters. The summed E-state index contributed by atoms with van der Waals surface area (Å²) in [5.41, 5.74) is 3.41. The number of esters is 1. The van der Waals surface area contributed by atoms with Gasteiger partial charge < -0.3 is 4.74 Å². The molecule has 1 fully saturated rings. The number of amides is 2. The van der Waals surface area contributed by atoms with Crippen LogP contribution >= 0.6 is 0 Å². The van der Waals surface area contributed by atoms with E-state index in [4.69, 9.17) is 4.74 Å². The maximum absolute atomic E-state index is 12.5. The SMILES string of the molecule is C=C1C(=O)N(CCC(=O)OCCCCCCCCCC)N(CCc2ccc(C)cc2C)C1=O. The van der Waals surface area contributed by atoms with Crippen LogP contribution in [0, 0.1) is 13.8 Å². The second kappa shape index (κ2) is 13.8. The zero-order valence-corrected chi connectivity index (χ0v) is 20.7. The average molecular weight is 457 g/mol. The van der Waals surface area contributed by atoms with Crippen molar-refractivity contribution in [1.82, 2.24) is 10.0 Å². The Balaban J connectivity index is 1.74. The van der Waals surface area contributed by atoms with Gasteiger partial charge in [0.2, 0.25) is 0 Å². The summed E-state index contributed by atoms with van der Waals surface area (Å²) < 4.78 is 5.32. The molecule has 33 heavy (non-hydrogen) atoms. The van der Waals surface area contributed by atoms with Crippen molar-refractivity contribution in [3.63, 3.8) is 0 Å². The molecule has 1 aromatic carbocycles. The van der Waals surface area contributed by atoms with Crippen LogP contribution in [0.2, 0.25) is 0 Å². The van der Waals surface area contributed by atoms with Gasteiger partial charge in [-0.05, 0) is 37.8 Å². The molecule has 1 aromatic rings. The van der Waals surface area contributed by atoms with E-state index in [1.54, 1.807) is 0 Å². The number of carbonyl (C=O) groups is 3. The van der Waals surface area contributed by atoms with Gasteiger partial charge >= 0.3 is 5.97 Å². The van der Waals surface area contributed by atoms with E-state index in [2.05, 4.69) is 25.6 Å².